The van der Waals surface area contributed by atoms with E-state index >= 15 is 0 Å². The Morgan fingerprint density at radius 3 is 1.78 bits per heavy atom. The number of hydrogen-bond donors (Lipinski definition) is 1. The third-order valence-corrected chi connectivity index (χ3v) is 7.75. The topological polar surface area (TPSA) is 95.6 Å². The molecule has 0 aliphatic heterocycles. The summed E-state index contributed by atoms with van der Waals surface area (Å²) in [7, 11) is 7.91. The van der Waals surface area contributed by atoms with Gasteiger partial charge in [-0.25, -0.2) is 0 Å². The number of ether oxygens (including phenoxy) is 5. The molecule has 4 aromatic carbocycles. The molecule has 0 aromatic heterocycles. The molecule has 0 saturated heterocycles. The zero-order chi connectivity index (χ0) is 32.9. The number of nitrogens with one attached hydrogen (secondary N) is 1. The molecular weight excluding hydrogens is 584 g/mol. The van der Waals surface area contributed by atoms with Crippen molar-refractivity contribution in [1.29, 1.82) is 0 Å². The Labute approximate surface area is 271 Å². The van der Waals surface area contributed by atoms with Gasteiger partial charge in [0, 0.05) is 19.5 Å². The Balaban J connectivity index is 1.62. The lowest BCUT2D eigenvalue weighted by molar-refractivity contribution is -0.140. The first-order chi connectivity index (χ1) is 22.4. The lowest BCUT2D eigenvalue weighted by atomic mass is 10.0. The fraction of sp³-hybridized carbons (Fsp3) is 0.297. The molecule has 9 heteroatoms. The number of hydrogen-bond acceptors (Lipinski definition) is 7. The number of rotatable bonds is 16. The van der Waals surface area contributed by atoms with Crippen molar-refractivity contribution in [3.63, 3.8) is 0 Å². The Hall–Kier alpha value is -5.18. The molecule has 4 aromatic rings. The molecule has 0 unspecified atom stereocenters. The van der Waals surface area contributed by atoms with Crippen LogP contribution in [0.4, 0.5) is 0 Å². The summed E-state index contributed by atoms with van der Waals surface area (Å²) in [5, 5.41) is 3.09. The number of nitrogens with zero attached hydrogens (tertiary/aromatic N) is 1. The average molecular weight is 627 g/mol. The van der Waals surface area contributed by atoms with Crippen molar-refractivity contribution < 1.29 is 33.3 Å². The normalized spacial score (nSPS) is 11.2. The zero-order valence-electron chi connectivity index (χ0n) is 27.1. The number of methoxy groups -OCH3 is 5. The molecule has 0 aliphatic rings. The number of carbonyl (C=O) groups excluding carboxylic acids is 2. The highest BCUT2D eigenvalue weighted by Gasteiger charge is 2.30. The van der Waals surface area contributed by atoms with Gasteiger partial charge in [-0.05, 0) is 65.1 Å². The maximum absolute atomic E-state index is 14.2. The molecule has 4 rings (SSSR count). The van der Waals surface area contributed by atoms with Gasteiger partial charge in [0.05, 0.1) is 42.0 Å². The first-order valence-electron chi connectivity index (χ1n) is 15.0. The van der Waals surface area contributed by atoms with E-state index in [9.17, 15) is 9.59 Å². The standard InChI is InChI=1S/C37H42N2O7/c1-42-30-15-11-28(12-16-30)25-39(36(40)24-29-14-18-33(44-3)35(23-29)46-5)31(21-26-9-7-6-8-10-26)37(41)38-20-19-27-13-17-32(43-2)34(22-27)45-4/h6-18,22-23,31H,19-21,24-25H2,1-5H3,(H,38,41)/t31-/m1/s1. The van der Waals surface area contributed by atoms with Crippen LogP contribution in [0.5, 0.6) is 28.7 Å². The largest absolute Gasteiger partial charge is 0.497 e. The molecule has 1 N–H and O–H groups in total. The summed E-state index contributed by atoms with van der Waals surface area (Å²) in [6.45, 7) is 0.608. The molecule has 242 valence electrons. The Kier molecular flexibility index (Phi) is 12.3. The maximum Gasteiger partial charge on any atom is 0.243 e. The van der Waals surface area contributed by atoms with Crippen LogP contribution in [0.25, 0.3) is 0 Å². The van der Waals surface area contributed by atoms with Gasteiger partial charge < -0.3 is 33.9 Å². The van der Waals surface area contributed by atoms with Crippen LogP contribution in [0.1, 0.15) is 22.3 Å². The van der Waals surface area contributed by atoms with Crippen molar-refractivity contribution >= 4 is 11.8 Å². The first kappa shape index (κ1) is 33.7. The van der Waals surface area contributed by atoms with Crippen LogP contribution in [-0.2, 0) is 35.4 Å². The summed E-state index contributed by atoms with van der Waals surface area (Å²) in [6, 6.07) is 27.5. The monoisotopic (exact) mass is 626 g/mol. The van der Waals surface area contributed by atoms with E-state index in [1.165, 1.54) is 0 Å². The van der Waals surface area contributed by atoms with Crippen molar-refractivity contribution in [1.82, 2.24) is 10.2 Å². The maximum atomic E-state index is 14.2. The second-order valence-corrected chi connectivity index (χ2v) is 10.7. The minimum atomic E-state index is -0.775. The number of benzene rings is 4. The Morgan fingerprint density at radius 1 is 0.630 bits per heavy atom. The third-order valence-electron chi connectivity index (χ3n) is 7.75. The van der Waals surface area contributed by atoms with Crippen LogP contribution in [0, 0.1) is 0 Å². The molecular formula is C37H42N2O7. The average Bonchev–Trinajstić information content (AvgIpc) is 3.10. The van der Waals surface area contributed by atoms with Crippen molar-refractivity contribution in [2.24, 2.45) is 0 Å². The number of carbonyl (C=O) groups is 2. The van der Waals surface area contributed by atoms with Gasteiger partial charge in [-0.3, -0.25) is 9.59 Å². The van der Waals surface area contributed by atoms with Crippen LogP contribution in [-0.4, -0.2) is 64.8 Å². The van der Waals surface area contributed by atoms with Crippen molar-refractivity contribution in [3.8, 4) is 28.7 Å². The van der Waals surface area contributed by atoms with Gasteiger partial charge in [0.1, 0.15) is 11.8 Å². The molecule has 0 fully saturated rings. The molecule has 0 radical (unpaired) electrons. The van der Waals surface area contributed by atoms with Crippen molar-refractivity contribution in [2.45, 2.75) is 31.8 Å². The Morgan fingerprint density at radius 2 is 1.20 bits per heavy atom. The smallest absolute Gasteiger partial charge is 0.243 e. The van der Waals surface area contributed by atoms with Crippen LogP contribution >= 0.6 is 0 Å². The van der Waals surface area contributed by atoms with E-state index in [1.807, 2.05) is 78.9 Å². The summed E-state index contributed by atoms with van der Waals surface area (Å²) in [5.74, 6) is 2.64. The zero-order valence-corrected chi connectivity index (χ0v) is 27.1. The van der Waals surface area contributed by atoms with Crippen LogP contribution in [0.15, 0.2) is 91.0 Å². The molecule has 0 bridgehead atoms. The van der Waals surface area contributed by atoms with Gasteiger partial charge in [-0.2, -0.15) is 0 Å². The quantitative estimate of drug-likeness (QED) is 0.181. The molecule has 9 nitrogen and oxygen atoms in total. The molecule has 0 aliphatic carbocycles. The van der Waals surface area contributed by atoms with E-state index in [2.05, 4.69) is 5.32 Å². The molecule has 1 atom stereocenters. The predicted molar refractivity (Wildman–Crippen MR) is 177 cm³/mol. The summed E-state index contributed by atoms with van der Waals surface area (Å²) in [6.07, 6.45) is 0.986. The number of amides is 2. The van der Waals surface area contributed by atoms with E-state index in [0.717, 1.165) is 22.3 Å². The third kappa shape index (κ3) is 8.94. The van der Waals surface area contributed by atoms with Gasteiger partial charge in [0.25, 0.3) is 0 Å². The highest BCUT2D eigenvalue weighted by Crippen LogP contribution is 2.29. The molecule has 2 amide bonds. The highest BCUT2D eigenvalue weighted by atomic mass is 16.5. The van der Waals surface area contributed by atoms with E-state index in [-0.39, 0.29) is 24.8 Å². The van der Waals surface area contributed by atoms with E-state index < -0.39 is 6.04 Å². The van der Waals surface area contributed by atoms with Crippen molar-refractivity contribution in [3.05, 3.63) is 113 Å². The SMILES string of the molecule is COc1ccc(CN(C(=O)Cc2ccc(OC)c(OC)c2)[C@H](Cc2ccccc2)C(=O)NCCc2ccc(OC)c(OC)c2)cc1. The summed E-state index contributed by atoms with van der Waals surface area (Å²) < 4.78 is 27.0. The molecule has 0 heterocycles. The van der Waals surface area contributed by atoms with Crippen LogP contribution in [0.2, 0.25) is 0 Å². The summed E-state index contributed by atoms with van der Waals surface area (Å²) >= 11 is 0. The van der Waals surface area contributed by atoms with Gasteiger partial charge in [-0.15, -0.1) is 0 Å². The first-order valence-corrected chi connectivity index (χ1v) is 15.0. The highest BCUT2D eigenvalue weighted by molar-refractivity contribution is 5.89. The van der Waals surface area contributed by atoms with Gasteiger partial charge >= 0.3 is 0 Å². The molecule has 0 spiro atoms. The second-order valence-electron chi connectivity index (χ2n) is 10.7. The van der Waals surface area contributed by atoms with Gasteiger partial charge in [0.2, 0.25) is 11.8 Å². The van der Waals surface area contributed by atoms with Crippen LogP contribution < -0.4 is 29.0 Å². The van der Waals surface area contributed by atoms with Gasteiger partial charge in [0.15, 0.2) is 23.0 Å². The van der Waals surface area contributed by atoms with E-state index in [4.69, 9.17) is 23.7 Å². The predicted octanol–water partition coefficient (Wildman–Crippen LogP) is 5.27. The fourth-order valence-corrected chi connectivity index (χ4v) is 5.23. The second kappa shape index (κ2) is 16.8. The van der Waals surface area contributed by atoms with E-state index in [1.54, 1.807) is 52.6 Å². The molecule has 0 saturated carbocycles. The Bertz CT molecular complexity index is 1570. The minimum absolute atomic E-state index is 0.0702. The molecule has 46 heavy (non-hydrogen) atoms. The van der Waals surface area contributed by atoms with Gasteiger partial charge in [-0.1, -0.05) is 54.6 Å². The van der Waals surface area contributed by atoms with Crippen molar-refractivity contribution in [2.75, 3.05) is 42.1 Å². The summed E-state index contributed by atoms with van der Waals surface area (Å²) in [5.41, 5.74) is 3.55. The summed E-state index contributed by atoms with van der Waals surface area (Å²) in [4.78, 5) is 29.9. The van der Waals surface area contributed by atoms with E-state index in [0.29, 0.717) is 48.1 Å². The minimum Gasteiger partial charge on any atom is -0.497 e. The lowest BCUT2D eigenvalue weighted by Gasteiger charge is -2.32. The van der Waals surface area contributed by atoms with Crippen LogP contribution in [0.3, 0.4) is 0 Å². The lowest BCUT2D eigenvalue weighted by Crippen LogP contribution is -2.51. The fourth-order valence-electron chi connectivity index (χ4n) is 5.23.